The van der Waals surface area contributed by atoms with Crippen molar-refractivity contribution in [1.29, 1.82) is 0 Å². The molecule has 1 rings (SSSR count). The van der Waals surface area contributed by atoms with E-state index in [0.29, 0.717) is 0 Å². The largest absolute Gasteiger partial charge is 0.411 e. The van der Waals surface area contributed by atoms with Gasteiger partial charge in [0.1, 0.15) is 11.4 Å². The minimum atomic E-state index is -0.700. The molecule has 0 aromatic heterocycles. The van der Waals surface area contributed by atoms with Crippen molar-refractivity contribution >= 4 is 17.1 Å². The molecule has 0 bridgehead atoms. The molecule has 4 N–H and O–H groups in total. The fourth-order valence-corrected chi connectivity index (χ4v) is 2.04. The smallest absolute Gasteiger partial charge is 0.156 e. The predicted molar refractivity (Wildman–Crippen MR) is 59.0 cm³/mol. The Morgan fingerprint density at radius 2 is 1.19 bits per heavy atom. The van der Waals surface area contributed by atoms with Crippen molar-refractivity contribution in [1.82, 2.24) is 5.32 Å². The summed E-state index contributed by atoms with van der Waals surface area (Å²) in [5.74, 6) is 0. The van der Waals surface area contributed by atoms with Crippen LogP contribution < -0.4 is 5.32 Å². The maximum Gasteiger partial charge on any atom is 0.156 e. The van der Waals surface area contributed by atoms with Crippen LogP contribution in [0.3, 0.4) is 0 Å². The second-order valence-corrected chi connectivity index (χ2v) is 4.72. The molecule has 7 heteroatoms. The van der Waals surface area contributed by atoms with E-state index in [0.717, 1.165) is 0 Å². The Bertz CT molecular complexity index is 350. The normalized spacial score (nSPS) is 31.1. The Kier molecular flexibility index (Phi) is 2.91. The first-order valence-electron chi connectivity index (χ1n) is 4.77. The first kappa shape index (κ1) is 12.4. The lowest BCUT2D eigenvalue weighted by Crippen LogP contribution is -2.69. The van der Waals surface area contributed by atoms with Crippen molar-refractivity contribution < 1.29 is 15.6 Å². The molecule has 0 aromatic carbocycles. The summed E-state index contributed by atoms with van der Waals surface area (Å²) in [7, 11) is 0. The molecule has 0 aromatic rings. The van der Waals surface area contributed by atoms with E-state index in [1.54, 1.807) is 27.7 Å². The average Bonchev–Trinajstić information content (AvgIpc) is 2.13. The Balaban J connectivity index is 3.41. The maximum absolute atomic E-state index is 8.93. The molecule has 1 aliphatic heterocycles. The summed E-state index contributed by atoms with van der Waals surface area (Å²) in [6.45, 7) is 7.07. The second-order valence-electron chi connectivity index (χ2n) is 4.72. The van der Waals surface area contributed by atoms with Gasteiger partial charge in [-0.3, -0.25) is 5.32 Å². The molecule has 0 atom stereocenters. The van der Waals surface area contributed by atoms with Crippen molar-refractivity contribution in [2.45, 2.75) is 38.8 Å². The van der Waals surface area contributed by atoms with Gasteiger partial charge in [-0.25, -0.2) is 0 Å². The van der Waals surface area contributed by atoms with Gasteiger partial charge in [-0.15, -0.1) is 0 Å². The summed E-state index contributed by atoms with van der Waals surface area (Å²) in [5.41, 5.74) is -1.20. The number of piperidine rings is 1. The summed E-state index contributed by atoms with van der Waals surface area (Å²) in [6.07, 6.45) is 0. The fourth-order valence-electron chi connectivity index (χ4n) is 2.04. The summed E-state index contributed by atoms with van der Waals surface area (Å²) in [4.78, 5) is 0. The van der Waals surface area contributed by atoms with E-state index in [9.17, 15) is 0 Å². The maximum atomic E-state index is 8.93. The molecular weight excluding hydrogens is 212 g/mol. The first-order chi connectivity index (χ1) is 7.30. The molecule has 90 valence electrons. The zero-order valence-electron chi connectivity index (χ0n) is 9.68. The number of rotatable bonds is 0. The number of nitrogens with zero attached hydrogens (tertiary/aromatic N) is 3. The zero-order valence-corrected chi connectivity index (χ0v) is 9.68. The Hall–Kier alpha value is -1.63. The third-order valence-electron chi connectivity index (χ3n) is 2.56. The lowest BCUT2D eigenvalue weighted by molar-refractivity contribution is 0.291. The van der Waals surface area contributed by atoms with Crippen LogP contribution in [0.1, 0.15) is 27.7 Å². The van der Waals surface area contributed by atoms with Crippen LogP contribution in [0.5, 0.6) is 0 Å². The van der Waals surface area contributed by atoms with E-state index in [1.807, 2.05) is 0 Å². The topological polar surface area (TPSA) is 110 Å². The zero-order chi connectivity index (χ0) is 12.6. The van der Waals surface area contributed by atoms with E-state index in [4.69, 9.17) is 15.6 Å². The Morgan fingerprint density at radius 1 is 0.812 bits per heavy atom. The monoisotopic (exact) mass is 228 g/mol. The van der Waals surface area contributed by atoms with Gasteiger partial charge < -0.3 is 15.6 Å². The van der Waals surface area contributed by atoms with Crippen molar-refractivity contribution in [3.05, 3.63) is 0 Å². The fraction of sp³-hybridized carbons (Fsp3) is 0.667. The summed E-state index contributed by atoms with van der Waals surface area (Å²) < 4.78 is 0. The van der Waals surface area contributed by atoms with E-state index in [1.165, 1.54) is 0 Å². The quantitative estimate of drug-likeness (QED) is 0.360. The van der Waals surface area contributed by atoms with Crippen molar-refractivity contribution in [3.8, 4) is 0 Å². The number of hydrogen-bond acceptors (Lipinski definition) is 7. The van der Waals surface area contributed by atoms with Crippen molar-refractivity contribution in [2.24, 2.45) is 15.5 Å². The van der Waals surface area contributed by atoms with E-state index >= 15 is 0 Å². The summed E-state index contributed by atoms with van der Waals surface area (Å²) >= 11 is 0. The standard InChI is InChI=1S/C9H16N4O3/c1-8(2)6(11-15)5(10-14)7(12-16)9(3,4)13-8/h13-16H,1-4H3/b10-5?,11-6+,12-7?. The molecule has 1 heterocycles. The lowest BCUT2D eigenvalue weighted by atomic mass is 9.78. The van der Waals surface area contributed by atoms with Gasteiger partial charge in [0.2, 0.25) is 0 Å². The van der Waals surface area contributed by atoms with Gasteiger partial charge >= 0.3 is 0 Å². The minimum absolute atomic E-state index is 0.0289. The van der Waals surface area contributed by atoms with Gasteiger partial charge in [0.15, 0.2) is 5.71 Å². The molecule has 0 amide bonds. The van der Waals surface area contributed by atoms with Crippen LogP contribution in [-0.4, -0.2) is 43.8 Å². The molecule has 0 radical (unpaired) electrons. The van der Waals surface area contributed by atoms with Crippen LogP contribution in [0.15, 0.2) is 15.5 Å². The molecule has 1 aliphatic rings. The molecule has 0 unspecified atom stereocenters. The van der Waals surface area contributed by atoms with Gasteiger partial charge in [0.05, 0.1) is 11.1 Å². The van der Waals surface area contributed by atoms with Gasteiger partial charge in [-0.2, -0.15) is 0 Å². The van der Waals surface area contributed by atoms with Crippen LogP contribution in [0.4, 0.5) is 0 Å². The highest BCUT2D eigenvalue weighted by Gasteiger charge is 2.47. The van der Waals surface area contributed by atoms with E-state index in [2.05, 4.69) is 20.8 Å². The van der Waals surface area contributed by atoms with E-state index < -0.39 is 11.1 Å². The molecule has 0 saturated carbocycles. The highest BCUT2D eigenvalue weighted by molar-refractivity contribution is 6.72. The Labute approximate surface area is 93.1 Å². The van der Waals surface area contributed by atoms with Crippen LogP contribution in [0, 0.1) is 0 Å². The van der Waals surface area contributed by atoms with Crippen LogP contribution in [-0.2, 0) is 0 Å². The van der Waals surface area contributed by atoms with Crippen molar-refractivity contribution in [2.75, 3.05) is 0 Å². The van der Waals surface area contributed by atoms with Crippen LogP contribution in [0.25, 0.3) is 0 Å². The number of nitrogens with one attached hydrogen (secondary N) is 1. The SMILES string of the molecule is CC1(C)NC(C)(C)/C(=N/O)C(=NO)C1=NO. The highest BCUT2D eigenvalue weighted by Crippen LogP contribution is 2.23. The highest BCUT2D eigenvalue weighted by atomic mass is 16.4. The van der Waals surface area contributed by atoms with Gasteiger partial charge in [-0.05, 0) is 27.7 Å². The van der Waals surface area contributed by atoms with E-state index in [-0.39, 0.29) is 17.1 Å². The third kappa shape index (κ3) is 1.73. The summed E-state index contributed by atoms with van der Waals surface area (Å²) in [6, 6.07) is 0. The van der Waals surface area contributed by atoms with Gasteiger partial charge in [0.25, 0.3) is 0 Å². The molecule has 16 heavy (non-hydrogen) atoms. The molecule has 1 saturated heterocycles. The number of oxime groups is 3. The molecule has 0 spiro atoms. The Morgan fingerprint density at radius 3 is 1.44 bits per heavy atom. The average molecular weight is 228 g/mol. The van der Waals surface area contributed by atoms with Gasteiger partial charge in [-0.1, -0.05) is 15.5 Å². The molecular formula is C9H16N4O3. The predicted octanol–water partition coefficient (Wildman–Crippen LogP) is 0.637. The van der Waals surface area contributed by atoms with Crippen LogP contribution >= 0.6 is 0 Å². The molecule has 1 fully saturated rings. The first-order valence-corrected chi connectivity index (χ1v) is 4.77. The minimum Gasteiger partial charge on any atom is -0.411 e. The number of hydrogen-bond donors (Lipinski definition) is 4. The van der Waals surface area contributed by atoms with Crippen molar-refractivity contribution in [3.63, 3.8) is 0 Å². The third-order valence-corrected chi connectivity index (χ3v) is 2.56. The molecule has 7 nitrogen and oxygen atoms in total. The molecule has 0 aliphatic carbocycles. The van der Waals surface area contributed by atoms with Crippen LogP contribution in [0.2, 0.25) is 0 Å². The van der Waals surface area contributed by atoms with Gasteiger partial charge in [0, 0.05) is 0 Å². The lowest BCUT2D eigenvalue weighted by Gasteiger charge is -2.42. The summed E-state index contributed by atoms with van der Waals surface area (Å²) in [5, 5.41) is 39.1. The second kappa shape index (κ2) is 3.75.